The molecule has 1 N–H and O–H groups in total. The minimum atomic E-state index is -0.584. The highest BCUT2D eigenvalue weighted by atomic mass is 35.5. The Hall–Kier alpha value is -3.25. The Morgan fingerprint density at radius 3 is 2.67 bits per heavy atom. The molecule has 0 unspecified atom stereocenters. The van der Waals surface area contributed by atoms with Crippen LogP contribution in [0.3, 0.4) is 0 Å². The molecular weight excluding hydrogens is 383 g/mol. The van der Waals surface area contributed by atoms with Crippen molar-refractivity contribution in [3.8, 4) is 12.1 Å². The maximum Gasteiger partial charge on any atom is 0.266 e. The van der Waals surface area contributed by atoms with Crippen molar-refractivity contribution in [3.05, 3.63) is 69.8 Å². The van der Waals surface area contributed by atoms with Crippen LogP contribution in [0.5, 0.6) is 0 Å². The van der Waals surface area contributed by atoms with Crippen LogP contribution in [0.15, 0.2) is 54.2 Å². The largest absolute Gasteiger partial charge is 0.333 e. The minimum Gasteiger partial charge on any atom is -0.333 e. The summed E-state index contributed by atoms with van der Waals surface area (Å²) in [7, 11) is 0. The molecule has 7 heteroatoms. The van der Waals surface area contributed by atoms with E-state index in [1.165, 1.54) is 12.1 Å². The summed E-state index contributed by atoms with van der Waals surface area (Å²) >= 11 is 11.9. The van der Waals surface area contributed by atoms with Crippen molar-refractivity contribution in [3.63, 3.8) is 0 Å². The first-order valence-electron chi connectivity index (χ1n) is 7.86. The number of aromatic nitrogens is 1. The van der Waals surface area contributed by atoms with Gasteiger partial charge in [-0.1, -0.05) is 41.4 Å². The van der Waals surface area contributed by atoms with Gasteiger partial charge in [-0.2, -0.15) is 10.5 Å². The van der Waals surface area contributed by atoms with Crippen molar-refractivity contribution in [2.45, 2.75) is 6.54 Å². The second kappa shape index (κ2) is 7.97. The van der Waals surface area contributed by atoms with Crippen molar-refractivity contribution in [1.29, 1.82) is 10.5 Å². The van der Waals surface area contributed by atoms with E-state index in [1.54, 1.807) is 22.9 Å². The lowest BCUT2D eigenvalue weighted by Gasteiger charge is -2.06. The van der Waals surface area contributed by atoms with E-state index in [2.05, 4.69) is 11.4 Å². The number of carbonyl (C=O) groups is 1. The SMILES string of the molecule is N#CCn1cc(C=C(C#N)C(=O)Nc2ccc(Cl)cc2Cl)c2ccccc21. The van der Waals surface area contributed by atoms with Gasteiger partial charge in [0, 0.05) is 27.7 Å². The Kier molecular flexibility index (Phi) is 5.47. The van der Waals surface area contributed by atoms with E-state index in [4.69, 9.17) is 28.5 Å². The van der Waals surface area contributed by atoms with E-state index < -0.39 is 5.91 Å². The van der Waals surface area contributed by atoms with E-state index in [9.17, 15) is 10.1 Å². The molecule has 1 heterocycles. The van der Waals surface area contributed by atoms with Crippen LogP contribution in [-0.4, -0.2) is 10.5 Å². The molecule has 0 aliphatic heterocycles. The van der Waals surface area contributed by atoms with Crippen LogP contribution in [0.1, 0.15) is 5.56 Å². The second-order valence-corrected chi connectivity index (χ2v) is 6.48. The number of rotatable bonds is 4. The zero-order chi connectivity index (χ0) is 19.4. The van der Waals surface area contributed by atoms with Crippen molar-refractivity contribution in [2.24, 2.45) is 0 Å². The first-order valence-corrected chi connectivity index (χ1v) is 8.62. The number of nitrogens with zero attached hydrogens (tertiary/aromatic N) is 3. The van der Waals surface area contributed by atoms with Gasteiger partial charge in [0.1, 0.15) is 18.2 Å². The van der Waals surface area contributed by atoms with Crippen molar-refractivity contribution in [1.82, 2.24) is 4.57 Å². The van der Waals surface area contributed by atoms with Gasteiger partial charge in [0.15, 0.2) is 0 Å². The van der Waals surface area contributed by atoms with Gasteiger partial charge < -0.3 is 9.88 Å². The molecule has 2 aromatic carbocycles. The topological polar surface area (TPSA) is 81.6 Å². The second-order valence-electron chi connectivity index (χ2n) is 5.64. The highest BCUT2D eigenvalue weighted by molar-refractivity contribution is 6.37. The Morgan fingerprint density at radius 2 is 1.96 bits per heavy atom. The molecule has 27 heavy (non-hydrogen) atoms. The van der Waals surface area contributed by atoms with Crippen LogP contribution >= 0.6 is 23.2 Å². The van der Waals surface area contributed by atoms with E-state index in [0.29, 0.717) is 16.3 Å². The lowest BCUT2D eigenvalue weighted by atomic mass is 10.1. The predicted molar refractivity (Wildman–Crippen MR) is 106 cm³/mol. The fraction of sp³-hybridized carbons (Fsp3) is 0.0500. The molecule has 0 radical (unpaired) electrons. The first-order chi connectivity index (χ1) is 13.0. The van der Waals surface area contributed by atoms with Crippen molar-refractivity contribution in [2.75, 3.05) is 5.32 Å². The van der Waals surface area contributed by atoms with Gasteiger partial charge in [-0.25, -0.2) is 0 Å². The van der Waals surface area contributed by atoms with E-state index in [0.717, 1.165) is 10.9 Å². The first kappa shape index (κ1) is 18.5. The summed E-state index contributed by atoms with van der Waals surface area (Å²) in [6.45, 7) is 0.169. The predicted octanol–water partition coefficient (Wildman–Crippen LogP) is 5.02. The number of carbonyl (C=O) groups excluding carboxylic acids is 1. The van der Waals surface area contributed by atoms with Gasteiger partial charge in [-0.15, -0.1) is 0 Å². The van der Waals surface area contributed by atoms with E-state index >= 15 is 0 Å². The van der Waals surface area contributed by atoms with Gasteiger partial charge in [-0.3, -0.25) is 4.79 Å². The third-order valence-corrected chi connectivity index (χ3v) is 4.45. The summed E-state index contributed by atoms with van der Waals surface area (Å²) in [4.78, 5) is 12.5. The number of amides is 1. The number of fused-ring (bicyclic) bond motifs is 1. The lowest BCUT2D eigenvalue weighted by Crippen LogP contribution is -2.13. The fourth-order valence-corrected chi connectivity index (χ4v) is 3.14. The number of para-hydroxylation sites is 1. The third kappa shape index (κ3) is 3.96. The molecule has 0 aliphatic carbocycles. The van der Waals surface area contributed by atoms with Crippen LogP contribution < -0.4 is 5.32 Å². The lowest BCUT2D eigenvalue weighted by molar-refractivity contribution is -0.112. The van der Waals surface area contributed by atoms with Crippen LogP contribution in [-0.2, 0) is 11.3 Å². The Bertz CT molecular complexity index is 1150. The quantitative estimate of drug-likeness (QED) is 0.498. The fourth-order valence-electron chi connectivity index (χ4n) is 2.68. The molecule has 0 fully saturated rings. The maximum absolute atomic E-state index is 12.5. The van der Waals surface area contributed by atoms with E-state index in [1.807, 2.05) is 30.3 Å². The Balaban J connectivity index is 1.97. The zero-order valence-electron chi connectivity index (χ0n) is 13.9. The normalized spacial score (nSPS) is 11.0. The zero-order valence-corrected chi connectivity index (χ0v) is 15.4. The Morgan fingerprint density at radius 1 is 1.19 bits per heavy atom. The average Bonchev–Trinajstić information content (AvgIpc) is 3.00. The smallest absolute Gasteiger partial charge is 0.266 e. The molecule has 0 atom stereocenters. The maximum atomic E-state index is 12.5. The number of halogens is 2. The number of hydrogen-bond acceptors (Lipinski definition) is 3. The summed E-state index contributed by atoms with van der Waals surface area (Å²) in [5.74, 6) is -0.584. The molecule has 0 saturated carbocycles. The minimum absolute atomic E-state index is 0.0825. The molecule has 3 aromatic rings. The number of hydrogen-bond donors (Lipinski definition) is 1. The molecule has 132 valence electrons. The molecule has 0 spiro atoms. The highest BCUT2D eigenvalue weighted by Crippen LogP contribution is 2.27. The molecule has 0 bridgehead atoms. The number of benzene rings is 2. The summed E-state index contributed by atoms with van der Waals surface area (Å²) in [5.41, 5.74) is 1.80. The summed E-state index contributed by atoms with van der Waals surface area (Å²) < 4.78 is 1.77. The van der Waals surface area contributed by atoms with Gasteiger partial charge >= 0.3 is 0 Å². The standard InChI is InChI=1S/C20H12Cl2N4O/c21-15-5-6-18(17(22)10-15)25-20(27)13(11-24)9-14-12-26(8-7-23)19-4-2-1-3-16(14)19/h1-6,9-10,12H,8H2,(H,25,27). The van der Waals surface area contributed by atoms with Crippen LogP contribution in [0.4, 0.5) is 5.69 Å². The Labute approximate surface area is 165 Å². The summed E-state index contributed by atoms with van der Waals surface area (Å²) in [6.07, 6.45) is 3.24. The molecular formula is C20H12Cl2N4O. The molecule has 0 aliphatic rings. The number of nitrogens with one attached hydrogen (secondary N) is 1. The van der Waals surface area contributed by atoms with Gasteiger partial charge in [0.25, 0.3) is 5.91 Å². The van der Waals surface area contributed by atoms with Crippen molar-refractivity contribution >= 4 is 51.8 Å². The molecule has 3 rings (SSSR count). The van der Waals surface area contributed by atoms with Crippen LogP contribution in [0.2, 0.25) is 10.0 Å². The molecule has 1 aromatic heterocycles. The third-order valence-electron chi connectivity index (χ3n) is 3.90. The molecule has 5 nitrogen and oxygen atoms in total. The van der Waals surface area contributed by atoms with Crippen LogP contribution in [0.25, 0.3) is 17.0 Å². The van der Waals surface area contributed by atoms with E-state index in [-0.39, 0.29) is 17.1 Å². The molecule has 1 amide bonds. The van der Waals surface area contributed by atoms with Gasteiger partial charge in [0.2, 0.25) is 0 Å². The molecule has 0 saturated heterocycles. The summed E-state index contributed by atoms with van der Waals surface area (Å²) in [5, 5.41) is 22.6. The van der Waals surface area contributed by atoms with Gasteiger partial charge in [-0.05, 0) is 30.3 Å². The summed E-state index contributed by atoms with van der Waals surface area (Å²) in [6, 6.07) is 16.1. The highest BCUT2D eigenvalue weighted by Gasteiger charge is 2.14. The number of nitriles is 2. The van der Waals surface area contributed by atoms with Gasteiger partial charge in [0.05, 0.1) is 16.8 Å². The number of anilines is 1. The monoisotopic (exact) mass is 394 g/mol. The van der Waals surface area contributed by atoms with Crippen molar-refractivity contribution < 1.29 is 4.79 Å². The van der Waals surface area contributed by atoms with Crippen LogP contribution in [0, 0.1) is 22.7 Å². The average molecular weight is 395 g/mol.